The van der Waals surface area contributed by atoms with Crippen molar-refractivity contribution in [2.24, 2.45) is 0 Å². The zero-order chi connectivity index (χ0) is 24.0. The number of hydrogen-bond acceptors (Lipinski definition) is 5. The van der Waals surface area contributed by atoms with Crippen LogP contribution in [0.4, 0.5) is 5.69 Å². The number of hydrogen-bond donors (Lipinski definition) is 2. The molecule has 0 bridgehead atoms. The predicted octanol–water partition coefficient (Wildman–Crippen LogP) is 5.65. The Kier molecular flexibility index (Phi) is 8.80. The molecule has 1 atom stereocenters. The van der Waals surface area contributed by atoms with Crippen LogP contribution in [0.25, 0.3) is 0 Å². The van der Waals surface area contributed by atoms with Crippen molar-refractivity contribution < 1.29 is 9.59 Å². The molecular weight excluding hydrogens is 505 g/mol. The SMILES string of the molecule is C=CCn1c(SCC(=O)Nc2ccc(Cl)cc2Cl)nnc1[C@@H](C)NC(=O)c1ccccc1Cl. The van der Waals surface area contributed by atoms with E-state index in [2.05, 4.69) is 27.4 Å². The van der Waals surface area contributed by atoms with Gasteiger partial charge >= 0.3 is 0 Å². The largest absolute Gasteiger partial charge is 0.342 e. The van der Waals surface area contributed by atoms with Crippen LogP contribution in [-0.4, -0.2) is 32.3 Å². The molecule has 0 aliphatic heterocycles. The first kappa shape index (κ1) is 25.1. The number of nitrogens with one attached hydrogen (secondary N) is 2. The van der Waals surface area contributed by atoms with E-state index in [0.29, 0.717) is 43.8 Å². The Labute approximate surface area is 210 Å². The molecule has 3 rings (SSSR count). The summed E-state index contributed by atoms with van der Waals surface area (Å²) in [7, 11) is 0. The lowest BCUT2D eigenvalue weighted by Gasteiger charge is -2.15. The Bertz CT molecular complexity index is 1180. The van der Waals surface area contributed by atoms with Crippen LogP contribution in [0.15, 0.2) is 60.3 Å². The van der Waals surface area contributed by atoms with Gasteiger partial charge < -0.3 is 15.2 Å². The summed E-state index contributed by atoms with van der Waals surface area (Å²) in [4.78, 5) is 25.0. The van der Waals surface area contributed by atoms with Crippen LogP contribution in [-0.2, 0) is 11.3 Å². The summed E-state index contributed by atoms with van der Waals surface area (Å²) in [6, 6.07) is 11.2. The predicted molar refractivity (Wildman–Crippen MR) is 133 cm³/mol. The Morgan fingerprint density at radius 3 is 2.61 bits per heavy atom. The van der Waals surface area contributed by atoms with Gasteiger partial charge in [0, 0.05) is 11.6 Å². The third-order valence-corrected chi connectivity index (χ3v) is 6.29. The highest BCUT2D eigenvalue weighted by atomic mass is 35.5. The minimum atomic E-state index is -0.461. The van der Waals surface area contributed by atoms with Crippen molar-refractivity contribution in [3.8, 4) is 0 Å². The summed E-state index contributed by atoms with van der Waals surface area (Å²) in [6.07, 6.45) is 1.69. The van der Waals surface area contributed by atoms with Crippen LogP contribution in [0.5, 0.6) is 0 Å². The van der Waals surface area contributed by atoms with E-state index < -0.39 is 6.04 Å². The normalized spacial score (nSPS) is 11.6. The number of allylic oxidation sites excluding steroid dienone is 1. The second-order valence-corrected chi connectivity index (χ2v) is 9.07. The molecule has 0 spiro atoms. The van der Waals surface area contributed by atoms with Crippen molar-refractivity contribution in [1.29, 1.82) is 0 Å². The average molecular weight is 525 g/mol. The molecule has 0 aliphatic carbocycles. The second-order valence-electron chi connectivity index (χ2n) is 6.88. The van der Waals surface area contributed by atoms with Gasteiger partial charge in [0.1, 0.15) is 0 Å². The zero-order valence-electron chi connectivity index (χ0n) is 17.5. The van der Waals surface area contributed by atoms with Crippen molar-refractivity contribution in [3.63, 3.8) is 0 Å². The van der Waals surface area contributed by atoms with Gasteiger partial charge in [-0.25, -0.2) is 0 Å². The number of amides is 2. The van der Waals surface area contributed by atoms with Gasteiger partial charge in [-0.3, -0.25) is 9.59 Å². The molecule has 0 aliphatic rings. The Morgan fingerprint density at radius 2 is 1.91 bits per heavy atom. The van der Waals surface area contributed by atoms with Crippen LogP contribution in [0.2, 0.25) is 15.1 Å². The Morgan fingerprint density at radius 1 is 1.15 bits per heavy atom. The Hall–Kier alpha value is -2.52. The summed E-state index contributed by atoms with van der Waals surface area (Å²) < 4.78 is 1.79. The maximum atomic E-state index is 12.6. The molecule has 0 saturated carbocycles. The molecule has 2 N–H and O–H groups in total. The van der Waals surface area contributed by atoms with Gasteiger partial charge in [0.05, 0.1) is 33.1 Å². The van der Waals surface area contributed by atoms with Crippen LogP contribution < -0.4 is 10.6 Å². The standard InChI is InChI=1S/C22H20Cl3N5O2S/c1-3-10-30-20(13(2)26-21(32)15-6-4-5-7-16(15)24)28-29-22(30)33-12-19(31)27-18-9-8-14(23)11-17(18)25/h3-9,11,13H,1,10,12H2,2H3,(H,26,32)(H,27,31)/t13-/m1/s1. The fourth-order valence-corrected chi connectivity index (χ4v) is 4.35. The summed E-state index contributed by atoms with van der Waals surface area (Å²) in [6.45, 7) is 5.97. The molecule has 3 aromatic rings. The minimum Gasteiger partial charge on any atom is -0.342 e. The van der Waals surface area contributed by atoms with Gasteiger partial charge in [-0.05, 0) is 37.3 Å². The summed E-state index contributed by atoms with van der Waals surface area (Å²) in [5.41, 5.74) is 0.837. The van der Waals surface area contributed by atoms with Crippen LogP contribution in [0.1, 0.15) is 29.1 Å². The molecule has 172 valence electrons. The molecule has 7 nitrogen and oxygen atoms in total. The molecule has 0 radical (unpaired) electrons. The molecular formula is C22H20Cl3N5O2S. The van der Waals surface area contributed by atoms with E-state index in [1.54, 1.807) is 60.0 Å². The van der Waals surface area contributed by atoms with E-state index in [1.165, 1.54) is 11.8 Å². The lowest BCUT2D eigenvalue weighted by molar-refractivity contribution is -0.113. The van der Waals surface area contributed by atoms with E-state index in [4.69, 9.17) is 34.8 Å². The molecule has 1 heterocycles. The first-order chi connectivity index (χ1) is 15.8. The van der Waals surface area contributed by atoms with Crippen LogP contribution in [0.3, 0.4) is 0 Å². The van der Waals surface area contributed by atoms with E-state index in [0.717, 1.165) is 0 Å². The zero-order valence-corrected chi connectivity index (χ0v) is 20.6. The van der Waals surface area contributed by atoms with Crippen molar-refractivity contribution in [2.45, 2.75) is 24.7 Å². The van der Waals surface area contributed by atoms with Gasteiger partial charge in [0.2, 0.25) is 5.91 Å². The van der Waals surface area contributed by atoms with Crippen molar-refractivity contribution in [2.75, 3.05) is 11.1 Å². The smallest absolute Gasteiger partial charge is 0.253 e. The third-order valence-electron chi connectivity index (χ3n) is 4.45. The molecule has 0 saturated heterocycles. The van der Waals surface area contributed by atoms with Crippen molar-refractivity contribution in [1.82, 2.24) is 20.1 Å². The second kappa shape index (κ2) is 11.6. The monoisotopic (exact) mass is 523 g/mol. The topological polar surface area (TPSA) is 88.9 Å². The maximum absolute atomic E-state index is 12.6. The van der Waals surface area contributed by atoms with E-state index in [9.17, 15) is 9.59 Å². The molecule has 0 fully saturated rings. The Balaban J connectivity index is 1.68. The highest BCUT2D eigenvalue weighted by Crippen LogP contribution is 2.26. The summed E-state index contributed by atoms with van der Waals surface area (Å²) in [5.74, 6) is 0.0156. The molecule has 33 heavy (non-hydrogen) atoms. The first-order valence-electron chi connectivity index (χ1n) is 9.77. The number of nitrogens with zero attached hydrogens (tertiary/aromatic N) is 3. The van der Waals surface area contributed by atoms with Crippen LogP contribution in [0, 0.1) is 0 Å². The van der Waals surface area contributed by atoms with E-state index in [1.807, 2.05) is 0 Å². The number of carbonyl (C=O) groups excluding carboxylic acids is 2. The number of halogens is 3. The highest BCUT2D eigenvalue weighted by molar-refractivity contribution is 7.99. The van der Waals surface area contributed by atoms with Crippen molar-refractivity contribution in [3.05, 3.63) is 81.6 Å². The van der Waals surface area contributed by atoms with Gasteiger partial charge in [-0.1, -0.05) is 64.8 Å². The van der Waals surface area contributed by atoms with E-state index >= 15 is 0 Å². The first-order valence-corrected chi connectivity index (χ1v) is 11.9. The van der Waals surface area contributed by atoms with Gasteiger partial charge in [0.15, 0.2) is 11.0 Å². The number of carbonyl (C=O) groups is 2. The maximum Gasteiger partial charge on any atom is 0.253 e. The molecule has 1 aromatic heterocycles. The van der Waals surface area contributed by atoms with Crippen molar-refractivity contribution >= 4 is 64.1 Å². The van der Waals surface area contributed by atoms with E-state index in [-0.39, 0.29) is 17.6 Å². The van der Waals surface area contributed by atoms with Gasteiger partial charge in [-0.2, -0.15) is 0 Å². The molecule has 2 aromatic carbocycles. The molecule has 2 amide bonds. The van der Waals surface area contributed by atoms with Gasteiger partial charge in [-0.15, -0.1) is 16.8 Å². The highest BCUT2D eigenvalue weighted by Gasteiger charge is 2.21. The minimum absolute atomic E-state index is 0.0780. The lowest BCUT2D eigenvalue weighted by atomic mass is 10.2. The number of anilines is 1. The average Bonchev–Trinajstić information content (AvgIpc) is 3.17. The molecule has 11 heteroatoms. The number of rotatable bonds is 9. The fourth-order valence-electron chi connectivity index (χ4n) is 2.92. The lowest BCUT2D eigenvalue weighted by Crippen LogP contribution is -2.29. The quantitative estimate of drug-likeness (QED) is 0.279. The van der Waals surface area contributed by atoms with Crippen LogP contribution >= 0.6 is 46.6 Å². The van der Waals surface area contributed by atoms with Gasteiger partial charge in [0.25, 0.3) is 5.91 Å². The number of aromatic nitrogens is 3. The third kappa shape index (κ3) is 6.51. The fraction of sp³-hybridized carbons (Fsp3) is 0.182. The molecule has 0 unspecified atom stereocenters. The number of benzene rings is 2. The summed E-state index contributed by atoms with van der Waals surface area (Å²) in [5, 5.41) is 15.7. The summed E-state index contributed by atoms with van der Waals surface area (Å²) >= 11 is 19.3. The number of thioether (sulfide) groups is 1.